The Balaban J connectivity index is 1.36. The number of aromatic nitrogens is 2. The molecule has 0 saturated heterocycles. The second-order valence-corrected chi connectivity index (χ2v) is 8.80. The van der Waals surface area contributed by atoms with Crippen molar-refractivity contribution >= 4 is 17.5 Å². The largest absolute Gasteiger partial charge is 0.491 e. The van der Waals surface area contributed by atoms with Crippen molar-refractivity contribution in [3.05, 3.63) is 118 Å². The second-order valence-electron chi connectivity index (χ2n) is 8.39. The highest BCUT2D eigenvalue weighted by Gasteiger charge is 2.25. The fourth-order valence-corrected chi connectivity index (χ4v) is 4.48. The van der Waals surface area contributed by atoms with Gasteiger partial charge in [-0.15, -0.1) is 0 Å². The number of carbonyl (C=O) groups is 1. The van der Waals surface area contributed by atoms with Gasteiger partial charge in [0.15, 0.2) is 0 Å². The fraction of sp³-hybridized carbons (Fsp3) is 0.185. The Hall–Kier alpha value is -3.68. The molecular weight excluding hydrogens is 469 g/mol. The Bertz CT molecular complexity index is 1340. The van der Waals surface area contributed by atoms with Crippen LogP contribution in [0.15, 0.2) is 79.1 Å². The minimum atomic E-state index is -1.25. The molecule has 0 bridgehead atoms. The maximum Gasteiger partial charge on any atom is 0.257 e. The number of amides is 1. The summed E-state index contributed by atoms with van der Waals surface area (Å²) >= 11 is 6.14. The zero-order valence-corrected chi connectivity index (χ0v) is 19.5. The molecule has 1 unspecified atom stereocenters. The first-order valence-electron chi connectivity index (χ1n) is 11.2. The summed E-state index contributed by atoms with van der Waals surface area (Å²) in [6.45, 7) is 1.58. The molecular formula is C27H23ClFN3O3. The third kappa shape index (κ3) is 4.92. The Morgan fingerprint density at radius 2 is 1.97 bits per heavy atom. The first-order chi connectivity index (χ1) is 17.0. The van der Waals surface area contributed by atoms with Crippen molar-refractivity contribution in [3.63, 3.8) is 0 Å². The van der Waals surface area contributed by atoms with Crippen LogP contribution in [-0.2, 0) is 13.1 Å². The van der Waals surface area contributed by atoms with Gasteiger partial charge < -0.3 is 14.7 Å². The second kappa shape index (κ2) is 9.90. The van der Waals surface area contributed by atoms with E-state index in [1.165, 1.54) is 18.2 Å². The van der Waals surface area contributed by atoms with Crippen molar-refractivity contribution in [3.8, 4) is 5.75 Å². The van der Waals surface area contributed by atoms with Crippen molar-refractivity contribution in [2.75, 3.05) is 13.2 Å². The number of fused-ring (bicyclic) bond motifs is 1. The average Bonchev–Trinajstić information content (AvgIpc) is 3.21. The van der Waals surface area contributed by atoms with Gasteiger partial charge in [0.2, 0.25) is 0 Å². The van der Waals surface area contributed by atoms with Gasteiger partial charge in [-0.1, -0.05) is 54.1 Å². The number of hydrogen-bond acceptors (Lipinski definition) is 4. The number of aliphatic hydroxyl groups is 1. The smallest absolute Gasteiger partial charge is 0.257 e. The van der Waals surface area contributed by atoms with Gasteiger partial charge in [0, 0.05) is 28.9 Å². The van der Waals surface area contributed by atoms with E-state index in [0.29, 0.717) is 36.6 Å². The summed E-state index contributed by atoms with van der Waals surface area (Å²) < 4.78 is 21.9. The van der Waals surface area contributed by atoms with E-state index in [2.05, 4.69) is 5.10 Å². The molecule has 0 aliphatic carbocycles. The highest BCUT2D eigenvalue weighted by Crippen LogP contribution is 2.34. The molecule has 1 atom stereocenters. The highest BCUT2D eigenvalue weighted by molar-refractivity contribution is 6.31. The molecule has 1 aliphatic rings. The lowest BCUT2D eigenvalue weighted by Crippen LogP contribution is -2.32. The summed E-state index contributed by atoms with van der Waals surface area (Å²) in [6.07, 6.45) is 2.05. The SMILES string of the molecule is O=C(c1cnn(Cc2ccccc2)c1)N1CCOc2ccc(C(O)c3c(F)cccc3Cl)cc2C1. The lowest BCUT2D eigenvalue weighted by Gasteiger charge is -2.20. The third-order valence-corrected chi connectivity index (χ3v) is 6.34. The molecule has 6 nitrogen and oxygen atoms in total. The zero-order chi connectivity index (χ0) is 24.4. The minimum Gasteiger partial charge on any atom is -0.491 e. The molecule has 8 heteroatoms. The lowest BCUT2D eigenvalue weighted by molar-refractivity contribution is 0.0733. The lowest BCUT2D eigenvalue weighted by atomic mass is 9.98. The van der Waals surface area contributed by atoms with Crippen LogP contribution in [0, 0.1) is 5.82 Å². The zero-order valence-electron chi connectivity index (χ0n) is 18.8. The maximum absolute atomic E-state index is 14.4. The van der Waals surface area contributed by atoms with E-state index in [0.717, 1.165) is 11.1 Å². The Morgan fingerprint density at radius 3 is 2.77 bits per heavy atom. The molecule has 1 aromatic heterocycles. The number of nitrogens with zero attached hydrogens (tertiary/aromatic N) is 3. The summed E-state index contributed by atoms with van der Waals surface area (Å²) in [5.41, 5.74) is 2.77. The van der Waals surface area contributed by atoms with Crippen molar-refractivity contribution in [2.45, 2.75) is 19.2 Å². The predicted molar refractivity (Wildman–Crippen MR) is 130 cm³/mol. The first kappa shape index (κ1) is 23.1. The maximum atomic E-state index is 14.4. The van der Waals surface area contributed by atoms with Crippen LogP contribution in [0.1, 0.15) is 38.7 Å². The summed E-state index contributed by atoms with van der Waals surface area (Å²) in [7, 11) is 0. The van der Waals surface area contributed by atoms with E-state index in [1.54, 1.807) is 40.2 Å². The molecule has 35 heavy (non-hydrogen) atoms. The van der Waals surface area contributed by atoms with Crippen molar-refractivity contribution in [1.29, 1.82) is 0 Å². The molecule has 5 rings (SSSR count). The standard InChI is InChI=1S/C27H23ClFN3O3/c28-22-7-4-8-23(29)25(22)26(33)19-9-10-24-20(13-19)16-31(11-12-35-24)27(34)21-14-30-32(17-21)15-18-5-2-1-3-6-18/h1-10,13-14,17,26,33H,11-12,15-16H2. The van der Waals surface area contributed by atoms with Crippen LogP contribution in [0.2, 0.25) is 5.02 Å². The molecule has 0 saturated carbocycles. The van der Waals surface area contributed by atoms with Gasteiger partial charge in [-0.2, -0.15) is 5.10 Å². The number of hydrogen-bond donors (Lipinski definition) is 1. The van der Waals surface area contributed by atoms with E-state index >= 15 is 0 Å². The molecule has 0 fully saturated rings. The summed E-state index contributed by atoms with van der Waals surface area (Å²) in [5, 5.41) is 15.3. The molecule has 3 aromatic carbocycles. The van der Waals surface area contributed by atoms with E-state index < -0.39 is 11.9 Å². The average molecular weight is 492 g/mol. The Morgan fingerprint density at radius 1 is 1.14 bits per heavy atom. The summed E-state index contributed by atoms with van der Waals surface area (Å²) in [4.78, 5) is 14.9. The number of carbonyl (C=O) groups excluding carboxylic acids is 1. The van der Waals surface area contributed by atoms with Gasteiger partial charge in [0.05, 0.1) is 24.8 Å². The summed E-state index contributed by atoms with van der Waals surface area (Å²) in [5.74, 6) is -0.125. The van der Waals surface area contributed by atoms with E-state index in [9.17, 15) is 14.3 Å². The molecule has 1 N–H and O–H groups in total. The van der Waals surface area contributed by atoms with Gasteiger partial charge in [-0.25, -0.2) is 4.39 Å². The Labute approximate surface area is 207 Å². The monoisotopic (exact) mass is 491 g/mol. The van der Waals surface area contributed by atoms with Gasteiger partial charge >= 0.3 is 0 Å². The number of ether oxygens (including phenoxy) is 1. The quantitative estimate of drug-likeness (QED) is 0.434. The van der Waals surface area contributed by atoms with Gasteiger partial charge in [0.25, 0.3) is 5.91 Å². The molecule has 0 spiro atoms. The molecule has 1 aliphatic heterocycles. The number of halogens is 2. The van der Waals surface area contributed by atoms with Gasteiger partial charge in [-0.05, 0) is 35.4 Å². The van der Waals surface area contributed by atoms with Crippen LogP contribution in [0.4, 0.5) is 4.39 Å². The van der Waals surface area contributed by atoms with Crippen LogP contribution >= 0.6 is 11.6 Å². The third-order valence-electron chi connectivity index (χ3n) is 6.01. The van der Waals surface area contributed by atoms with Crippen LogP contribution in [0.5, 0.6) is 5.75 Å². The van der Waals surface area contributed by atoms with Crippen LogP contribution < -0.4 is 4.74 Å². The van der Waals surface area contributed by atoms with Gasteiger partial charge in [-0.3, -0.25) is 9.48 Å². The summed E-state index contributed by atoms with van der Waals surface area (Å²) in [6, 6.07) is 19.3. The van der Waals surface area contributed by atoms with Crippen LogP contribution in [-0.4, -0.2) is 38.8 Å². The van der Waals surface area contributed by atoms with Gasteiger partial charge in [0.1, 0.15) is 24.3 Å². The molecule has 4 aromatic rings. The minimum absolute atomic E-state index is 0.0161. The normalized spacial score (nSPS) is 14.1. The van der Waals surface area contributed by atoms with Crippen LogP contribution in [0.3, 0.4) is 0 Å². The van der Waals surface area contributed by atoms with Crippen LogP contribution in [0.25, 0.3) is 0 Å². The number of benzene rings is 3. The van der Waals surface area contributed by atoms with Crippen molar-refractivity contribution in [1.82, 2.24) is 14.7 Å². The van der Waals surface area contributed by atoms with Crippen molar-refractivity contribution in [2.24, 2.45) is 0 Å². The highest BCUT2D eigenvalue weighted by atomic mass is 35.5. The number of aliphatic hydroxyl groups excluding tert-OH is 1. The topological polar surface area (TPSA) is 67.6 Å². The first-order valence-corrected chi connectivity index (χ1v) is 11.6. The predicted octanol–water partition coefficient (Wildman–Crippen LogP) is 4.84. The molecule has 1 amide bonds. The number of rotatable bonds is 5. The molecule has 2 heterocycles. The van der Waals surface area contributed by atoms with E-state index in [4.69, 9.17) is 16.3 Å². The Kier molecular flexibility index (Phi) is 6.53. The fourth-order valence-electron chi connectivity index (χ4n) is 4.21. The molecule has 178 valence electrons. The van der Waals surface area contributed by atoms with E-state index in [1.807, 2.05) is 30.3 Å². The molecule has 0 radical (unpaired) electrons. The van der Waals surface area contributed by atoms with E-state index in [-0.39, 0.29) is 23.0 Å². The van der Waals surface area contributed by atoms with Crippen molar-refractivity contribution < 1.29 is 19.0 Å².